The predicted octanol–water partition coefficient (Wildman–Crippen LogP) is 0.533. The van der Waals surface area contributed by atoms with Crippen LogP contribution in [0.4, 0.5) is 0 Å². The third kappa shape index (κ3) is 2.78. The van der Waals surface area contributed by atoms with Gasteiger partial charge < -0.3 is 19.7 Å². The summed E-state index contributed by atoms with van der Waals surface area (Å²) in [5, 5.41) is 3.62. The number of nitrogens with zero attached hydrogens (tertiary/aromatic N) is 1. The molecule has 1 N–H and O–H groups in total. The molecular formula is C14H24N2O3. The highest BCUT2D eigenvalue weighted by Crippen LogP contribution is 2.30. The average molecular weight is 268 g/mol. The lowest BCUT2D eigenvalue weighted by Crippen LogP contribution is -2.54. The van der Waals surface area contributed by atoms with Gasteiger partial charge in [0.1, 0.15) is 0 Å². The second-order valence-corrected chi connectivity index (χ2v) is 5.82. The Hall–Kier alpha value is -0.650. The summed E-state index contributed by atoms with van der Waals surface area (Å²) < 4.78 is 10.9. The maximum atomic E-state index is 12.6. The van der Waals surface area contributed by atoms with Gasteiger partial charge in [-0.2, -0.15) is 0 Å². The van der Waals surface area contributed by atoms with Gasteiger partial charge in [0.25, 0.3) is 5.91 Å². The summed E-state index contributed by atoms with van der Waals surface area (Å²) >= 11 is 0. The van der Waals surface area contributed by atoms with Crippen molar-refractivity contribution in [1.29, 1.82) is 0 Å². The van der Waals surface area contributed by atoms with Crippen LogP contribution in [0.1, 0.15) is 32.6 Å². The Bertz CT molecular complexity index is 319. The van der Waals surface area contributed by atoms with Crippen molar-refractivity contribution in [3.8, 4) is 0 Å². The minimum atomic E-state index is -0.388. The topological polar surface area (TPSA) is 50.8 Å². The maximum absolute atomic E-state index is 12.6. The molecule has 2 bridgehead atoms. The van der Waals surface area contributed by atoms with Crippen molar-refractivity contribution >= 4 is 5.91 Å². The summed E-state index contributed by atoms with van der Waals surface area (Å²) in [4.78, 5) is 14.6. The Labute approximate surface area is 114 Å². The molecule has 0 aromatic rings. The number of amides is 1. The summed E-state index contributed by atoms with van der Waals surface area (Å²) in [5.74, 6) is 0.119. The van der Waals surface area contributed by atoms with Crippen molar-refractivity contribution in [1.82, 2.24) is 10.2 Å². The molecule has 0 aliphatic carbocycles. The first-order valence-electron chi connectivity index (χ1n) is 7.53. The summed E-state index contributed by atoms with van der Waals surface area (Å²) in [5.41, 5.74) is 0. The van der Waals surface area contributed by atoms with Crippen molar-refractivity contribution in [3.63, 3.8) is 0 Å². The van der Waals surface area contributed by atoms with Gasteiger partial charge in [-0.25, -0.2) is 0 Å². The lowest BCUT2D eigenvalue weighted by molar-refractivity contribution is -0.160. The number of hydrogen-bond donors (Lipinski definition) is 1. The van der Waals surface area contributed by atoms with Gasteiger partial charge in [-0.3, -0.25) is 4.79 Å². The average Bonchev–Trinajstić information content (AvgIpc) is 2.79. The van der Waals surface area contributed by atoms with Crippen LogP contribution in [-0.4, -0.2) is 61.4 Å². The van der Waals surface area contributed by atoms with E-state index in [9.17, 15) is 4.79 Å². The molecule has 0 spiro atoms. The van der Waals surface area contributed by atoms with Crippen LogP contribution in [0.15, 0.2) is 0 Å². The van der Waals surface area contributed by atoms with Gasteiger partial charge in [-0.15, -0.1) is 0 Å². The molecule has 5 nitrogen and oxygen atoms in total. The highest BCUT2D eigenvalue weighted by atomic mass is 16.6. The second-order valence-electron chi connectivity index (χ2n) is 5.82. The van der Waals surface area contributed by atoms with Crippen LogP contribution in [0.25, 0.3) is 0 Å². The molecule has 19 heavy (non-hydrogen) atoms. The number of carbonyl (C=O) groups is 1. The van der Waals surface area contributed by atoms with Crippen molar-refractivity contribution in [2.75, 3.05) is 26.4 Å². The van der Waals surface area contributed by atoms with Crippen LogP contribution in [0.5, 0.6) is 0 Å². The maximum Gasteiger partial charge on any atom is 0.254 e. The Morgan fingerprint density at radius 1 is 1.26 bits per heavy atom. The van der Waals surface area contributed by atoms with E-state index in [4.69, 9.17) is 9.47 Å². The number of ether oxygens (including phenoxy) is 2. The number of rotatable bonds is 3. The number of piperidine rings is 1. The number of fused-ring (bicyclic) bond motifs is 2. The number of carbonyl (C=O) groups excluding carboxylic acids is 1. The van der Waals surface area contributed by atoms with Crippen molar-refractivity contribution in [3.05, 3.63) is 0 Å². The zero-order chi connectivity index (χ0) is 13.2. The molecular weight excluding hydrogens is 244 g/mol. The first-order valence-corrected chi connectivity index (χ1v) is 7.53. The molecule has 3 fully saturated rings. The van der Waals surface area contributed by atoms with Crippen LogP contribution in [0, 0.1) is 0 Å². The van der Waals surface area contributed by atoms with E-state index in [0.29, 0.717) is 37.9 Å². The molecule has 3 atom stereocenters. The molecule has 0 aromatic heterocycles. The van der Waals surface area contributed by atoms with E-state index >= 15 is 0 Å². The molecule has 3 rings (SSSR count). The smallest absolute Gasteiger partial charge is 0.254 e. The van der Waals surface area contributed by atoms with Gasteiger partial charge in [0.2, 0.25) is 0 Å². The highest BCUT2D eigenvalue weighted by molar-refractivity contribution is 5.81. The van der Waals surface area contributed by atoms with Crippen LogP contribution in [0.3, 0.4) is 0 Å². The summed E-state index contributed by atoms with van der Waals surface area (Å²) in [7, 11) is 0. The molecule has 3 aliphatic heterocycles. The predicted molar refractivity (Wildman–Crippen MR) is 70.9 cm³/mol. The van der Waals surface area contributed by atoms with Crippen molar-refractivity contribution < 1.29 is 14.3 Å². The van der Waals surface area contributed by atoms with E-state index in [0.717, 1.165) is 19.4 Å². The Kier molecular flexibility index (Phi) is 4.05. The number of nitrogens with one attached hydrogen (secondary N) is 1. The molecule has 0 saturated carbocycles. The molecule has 0 aromatic carbocycles. The first kappa shape index (κ1) is 13.3. The fourth-order valence-corrected chi connectivity index (χ4v) is 3.69. The van der Waals surface area contributed by atoms with Crippen LogP contribution >= 0.6 is 0 Å². The van der Waals surface area contributed by atoms with Crippen molar-refractivity contribution in [2.45, 2.75) is 56.8 Å². The van der Waals surface area contributed by atoms with E-state index in [-0.39, 0.29) is 12.0 Å². The minimum absolute atomic E-state index is 0.119. The van der Waals surface area contributed by atoms with Gasteiger partial charge in [0.15, 0.2) is 6.10 Å². The largest absolute Gasteiger partial charge is 0.376 e. The molecule has 3 aliphatic rings. The first-order chi connectivity index (χ1) is 9.28. The Balaban J connectivity index is 1.64. The van der Waals surface area contributed by atoms with Gasteiger partial charge >= 0.3 is 0 Å². The molecule has 0 radical (unpaired) electrons. The van der Waals surface area contributed by atoms with E-state index in [1.54, 1.807) is 0 Å². The van der Waals surface area contributed by atoms with E-state index in [1.807, 2.05) is 4.90 Å². The number of likely N-dealkylation sites (N-methyl/N-ethyl adjacent to an activating group) is 1. The van der Waals surface area contributed by atoms with E-state index in [2.05, 4.69) is 12.2 Å². The van der Waals surface area contributed by atoms with Gasteiger partial charge in [0.05, 0.1) is 19.8 Å². The van der Waals surface area contributed by atoms with Crippen LogP contribution in [-0.2, 0) is 14.3 Å². The Morgan fingerprint density at radius 2 is 2.00 bits per heavy atom. The molecule has 3 heterocycles. The second kappa shape index (κ2) is 5.77. The number of hydrogen-bond acceptors (Lipinski definition) is 4. The standard InChI is InChI=1S/C14H24N2O3/c1-2-16(14(17)13-9-18-5-6-19-13)12-7-10-3-4-11(8-12)15-10/h10-13,15H,2-9H2,1H3. The fourth-order valence-electron chi connectivity index (χ4n) is 3.69. The van der Waals surface area contributed by atoms with E-state index < -0.39 is 0 Å². The SMILES string of the molecule is CCN(C(=O)C1COCCO1)C1CC2CCC(C1)N2. The normalized spacial score (nSPS) is 38.2. The summed E-state index contributed by atoms with van der Waals surface area (Å²) in [6.45, 7) is 4.38. The van der Waals surface area contributed by atoms with Crippen molar-refractivity contribution in [2.24, 2.45) is 0 Å². The van der Waals surface area contributed by atoms with Crippen LogP contribution < -0.4 is 5.32 Å². The quantitative estimate of drug-likeness (QED) is 0.811. The summed E-state index contributed by atoms with van der Waals surface area (Å²) in [6, 6.07) is 1.59. The highest BCUT2D eigenvalue weighted by Gasteiger charge is 2.39. The Morgan fingerprint density at radius 3 is 2.58 bits per heavy atom. The van der Waals surface area contributed by atoms with Gasteiger partial charge in [-0.1, -0.05) is 0 Å². The third-order valence-corrected chi connectivity index (χ3v) is 4.60. The van der Waals surface area contributed by atoms with E-state index in [1.165, 1.54) is 12.8 Å². The lowest BCUT2D eigenvalue weighted by atomic mass is 9.97. The molecule has 3 unspecified atom stereocenters. The van der Waals surface area contributed by atoms with Crippen LogP contribution in [0.2, 0.25) is 0 Å². The monoisotopic (exact) mass is 268 g/mol. The minimum Gasteiger partial charge on any atom is -0.376 e. The molecule has 5 heteroatoms. The van der Waals surface area contributed by atoms with Gasteiger partial charge in [-0.05, 0) is 32.6 Å². The zero-order valence-corrected chi connectivity index (χ0v) is 11.6. The summed E-state index contributed by atoms with van der Waals surface area (Å²) in [6.07, 6.45) is 4.31. The third-order valence-electron chi connectivity index (χ3n) is 4.60. The molecule has 3 saturated heterocycles. The lowest BCUT2D eigenvalue weighted by Gasteiger charge is -2.39. The molecule has 1 amide bonds. The molecule has 108 valence electrons. The zero-order valence-electron chi connectivity index (χ0n) is 11.6. The fraction of sp³-hybridized carbons (Fsp3) is 0.929. The van der Waals surface area contributed by atoms with Gasteiger partial charge in [0, 0.05) is 24.7 Å².